The summed E-state index contributed by atoms with van der Waals surface area (Å²) in [5.74, 6) is 0.819. The number of hydrogen-bond acceptors (Lipinski definition) is 5. The molecule has 6 heteroatoms. The number of anilines is 1. The van der Waals surface area contributed by atoms with Crippen LogP contribution in [0.2, 0.25) is 0 Å². The highest BCUT2D eigenvalue weighted by atomic mass is 16.5. The highest BCUT2D eigenvalue weighted by Gasteiger charge is 2.08. The molecular formula is C17H14N4O2. The van der Waals surface area contributed by atoms with Gasteiger partial charge in [0.25, 0.3) is 5.91 Å². The second-order valence-corrected chi connectivity index (χ2v) is 4.70. The third kappa shape index (κ3) is 3.49. The summed E-state index contributed by atoms with van der Waals surface area (Å²) in [5.41, 5.74) is 1.89. The van der Waals surface area contributed by atoms with Gasteiger partial charge in [-0.2, -0.15) is 0 Å². The van der Waals surface area contributed by atoms with Crippen LogP contribution in [0, 0.1) is 0 Å². The zero-order valence-corrected chi connectivity index (χ0v) is 12.4. The van der Waals surface area contributed by atoms with E-state index in [4.69, 9.17) is 4.74 Å². The van der Waals surface area contributed by atoms with E-state index >= 15 is 0 Å². The summed E-state index contributed by atoms with van der Waals surface area (Å²) in [5, 5.41) is 10.8. The van der Waals surface area contributed by atoms with Crippen LogP contribution < -0.4 is 10.1 Å². The Hall–Kier alpha value is -3.28. The van der Waals surface area contributed by atoms with Gasteiger partial charge in [-0.25, -0.2) is 0 Å². The fourth-order valence-electron chi connectivity index (χ4n) is 1.98. The standard InChI is InChI=1S/C17H14N4O2/c1-23-13-7-5-12(6-8-13)17(22)19-16-10-9-15(20-21-16)14-4-2-3-11-18-14/h2-11H,1H3,(H,19,21,22). The smallest absolute Gasteiger partial charge is 0.256 e. The van der Waals surface area contributed by atoms with E-state index in [0.717, 1.165) is 5.69 Å². The Morgan fingerprint density at radius 1 is 0.957 bits per heavy atom. The van der Waals surface area contributed by atoms with Crippen LogP contribution in [0.1, 0.15) is 10.4 Å². The molecule has 1 aromatic carbocycles. The van der Waals surface area contributed by atoms with Gasteiger partial charge in [0.2, 0.25) is 0 Å². The van der Waals surface area contributed by atoms with Crippen LogP contribution in [-0.2, 0) is 0 Å². The van der Waals surface area contributed by atoms with Crippen molar-refractivity contribution in [2.45, 2.75) is 0 Å². The van der Waals surface area contributed by atoms with Gasteiger partial charge in [-0.1, -0.05) is 6.07 Å². The number of methoxy groups -OCH3 is 1. The first-order valence-corrected chi connectivity index (χ1v) is 6.97. The van der Waals surface area contributed by atoms with Gasteiger partial charge in [0.15, 0.2) is 5.82 Å². The number of carbonyl (C=O) groups excluding carboxylic acids is 1. The highest BCUT2D eigenvalue weighted by Crippen LogP contribution is 2.15. The molecular weight excluding hydrogens is 292 g/mol. The molecule has 2 heterocycles. The van der Waals surface area contributed by atoms with Crippen LogP contribution in [0.15, 0.2) is 60.8 Å². The van der Waals surface area contributed by atoms with Crippen LogP contribution in [0.3, 0.4) is 0 Å². The van der Waals surface area contributed by atoms with Crippen LogP contribution in [0.5, 0.6) is 5.75 Å². The molecule has 0 aliphatic heterocycles. The molecule has 0 radical (unpaired) electrons. The molecule has 0 fully saturated rings. The molecule has 1 N–H and O–H groups in total. The molecule has 1 amide bonds. The van der Waals surface area contributed by atoms with Crippen LogP contribution in [-0.4, -0.2) is 28.2 Å². The van der Waals surface area contributed by atoms with Gasteiger partial charge in [-0.15, -0.1) is 10.2 Å². The molecule has 0 saturated carbocycles. The van der Waals surface area contributed by atoms with E-state index in [0.29, 0.717) is 22.8 Å². The van der Waals surface area contributed by atoms with E-state index in [2.05, 4.69) is 20.5 Å². The van der Waals surface area contributed by atoms with Gasteiger partial charge >= 0.3 is 0 Å². The second-order valence-electron chi connectivity index (χ2n) is 4.70. The molecule has 0 bridgehead atoms. The van der Waals surface area contributed by atoms with E-state index in [9.17, 15) is 4.79 Å². The summed E-state index contributed by atoms with van der Waals surface area (Å²) in [7, 11) is 1.58. The van der Waals surface area contributed by atoms with Crippen LogP contribution >= 0.6 is 0 Å². The van der Waals surface area contributed by atoms with E-state index in [1.54, 1.807) is 49.7 Å². The summed E-state index contributed by atoms with van der Waals surface area (Å²) < 4.78 is 5.06. The number of nitrogens with one attached hydrogen (secondary N) is 1. The molecule has 0 saturated heterocycles. The summed E-state index contributed by atoms with van der Waals surface area (Å²) in [6, 6.07) is 15.8. The number of rotatable bonds is 4. The SMILES string of the molecule is COc1ccc(C(=O)Nc2ccc(-c3ccccn3)nn2)cc1. The number of hydrogen-bond donors (Lipinski definition) is 1. The van der Waals surface area contributed by atoms with Gasteiger partial charge < -0.3 is 10.1 Å². The minimum atomic E-state index is -0.257. The van der Waals surface area contributed by atoms with Crippen molar-refractivity contribution in [3.8, 4) is 17.1 Å². The minimum absolute atomic E-state index is 0.257. The normalized spacial score (nSPS) is 10.1. The number of amides is 1. The molecule has 0 unspecified atom stereocenters. The molecule has 2 aromatic heterocycles. The number of ether oxygens (including phenoxy) is 1. The van der Waals surface area contributed by atoms with Crippen molar-refractivity contribution >= 4 is 11.7 Å². The molecule has 0 aliphatic rings. The number of pyridine rings is 1. The Kier molecular flexibility index (Phi) is 4.24. The Balaban J connectivity index is 1.71. The summed E-state index contributed by atoms with van der Waals surface area (Å²) >= 11 is 0. The quantitative estimate of drug-likeness (QED) is 0.802. The molecule has 0 aliphatic carbocycles. The zero-order valence-electron chi connectivity index (χ0n) is 12.4. The number of aromatic nitrogens is 3. The van der Waals surface area contributed by atoms with E-state index in [1.165, 1.54) is 0 Å². The van der Waals surface area contributed by atoms with Crippen molar-refractivity contribution in [3.63, 3.8) is 0 Å². The van der Waals surface area contributed by atoms with Crippen molar-refractivity contribution < 1.29 is 9.53 Å². The fourth-order valence-corrected chi connectivity index (χ4v) is 1.98. The predicted octanol–water partition coefficient (Wildman–Crippen LogP) is 2.80. The predicted molar refractivity (Wildman–Crippen MR) is 86.2 cm³/mol. The maximum absolute atomic E-state index is 12.1. The lowest BCUT2D eigenvalue weighted by Gasteiger charge is -2.05. The van der Waals surface area contributed by atoms with Crippen molar-refractivity contribution in [3.05, 3.63) is 66.4 Å². The fraction of sp³-hybridized carbons (Fsp3) is 0.0588. The van der Waals surface area contributed by atoms with Crippen molar-refractivity contribution in [1.29, 1.82) is 0 Å². The zero-order chi connectivity index (χ0) is 16.1. The first-order valence-electron chi connectivity index (χ1n) is 6.97. The lowest BCUT2D eigenvalue weighted by atomic mass is 10.2. The van der Waals surface area contributed by atoms with Gasteiger partial charge in [0, 0.05) is 11.8 Å². The maximum atomic E-state index is 12.1. The van der Waals surface area contributed by atoms with Gasteiger partial charge in [0.05, 0.1) is 12.8 Å². The first-order chi connectivity index (χ1) is 11.3. The van der Waals surface area contributed by atoms with E-state index < -0.39 is 0 Å². The van der Waals surface area contributed by atoms with Gasteiger partial charge in [-0.05, 0) is 48.5 Å². The van der Waals surface area contributed by atoms with Crippen molar-refractivity contribution in [1.82, 2.24) is 15.2 Å². The number of benzene rings is 1. The van der Waals surface area contributed by atoms with Crippen molar-refractivity contribution in [2.24, 2.45) is 0 Å². The molecule has 3 aromatic rings. The summed E-state index contributed by atoms with van der Waals surface area (Å²) in [4.78, 5) is 16.3. The molecule has 0 spiro atoms. The van der Waals surface area contributed by atoms with Crippen LogP contribution in [0.4, 0.5) is 5.82 Å². The maximum Gasteiger partial charge on any atom is 0.256 e. The van der Waals surface area contributed by atoms with Gasteiger partial charge in [0.1, 0.15) is 11.4 Å². The Bertz CT molecular complexity index is 787. The van der Waals surface area contributed by atoms with E-state index in [1.807, 2.05) is 18.2 Å². The average Bonchev–Trinajstić information content (AvgIpc) is 2.63. The monoisotopic (exact) mass is 306 g/mol. The number of nitrogens with zero attached hydrogens (tertiary/aromatic N) is 3. The molecule has 23 heavy (non-hydrogen) atoms. The Labute approximate surface area is 133 Å². The van der Waals surface area contributed by atoms with Crippen LogP contribution in [0.25, 0.3) is 11.4 Å². The topological polar surface area (TPSA) is 77.0 Å². The molecule has 3 rings (SSSR count). The minimum Gasteiger partial charge on any atom is -0.497 e. The Morgan fingerprint density at radius 2 is 1.78 bits per heavy atom. The molecule has 0 atom stereocenters. The Morgan fingerprint density at radius 3 is 2.39 bits per heavy atom. The highest BCUT2D eigenvalue weighted by molar-refractivity contribution is 6.03. The summed E-state index contributed by atoms with van der Waals surface area (Å²) in [6.07, 6.45) is 1.69. The van der Waals surface area contributed by atoms with Crippen molar-refractivity contribution in [2.75, 3.05) is 12.4 Å². The van der Waals surface area contributed by atoms with Gasteiger partial charge in [-0.3, -0.25) is 9.78 Å². The molecule has 114 valence electrons. The van der Waals surface area contributed by atoms with E-state index in [-0.39, 0.29) is 5.91 Å². The third-order valence-electron chi connectivity index (χ3n) is 3.19. The average molecular weight is 306 g/mol. The lowest BCUT2D eigenvalue weighted by molar-refractivity contribution is 0.102. The number of carbonyl (C=O) groups is 1. The first kappa shape index (κ1) is 14.6. The third-order valence-corrected chi connectivity index (χ3v) is 3.19. The lowest BCUT2D eigenvalue weighted by Crippen LogP contribution is -2.13. The second kappa shape index (κ2) is 6.65. The summed E-state index contributed by atoms with van der Waals surface area (Å²) in [6.45, 7) is 0. The molecule has 6 nitrogen and oxygen atoms in total. The largest absolute Gasteiger partial charge is 0.497 e.